The van der Waals surface area contributed by atoms with Gasteiger partial charge in [-0.15, -0.1) is 0 Å². The Balaban J connectivity index is 1.93. The number of para-hydroxylation sites is 1. The summed E-state index contributed by atoms with van der Waals surface area (Å²) < 4.78 is 47.1. The molecule has 6 heteroatoms. The number of ether oxygens (including phenoxy) is 1. The molecule has 0 atom stereocenters. The summed E-state index contributed by atoms with van der Waals surface area (Å²) in [5, 5.41) is 0.694. The Morgan fingerprint density at radius 3 is 2.54 bits per heavy atom. The molecule has 3 aromatic rings. The Morgan fingerprint density at radius 2 is 1.77 bits per heavy atom. The van der Waals surface area contributed by atoms with E-state index in [1.807, 2.05) is 0 Å². The van der Waals surface area contributed by atoms with Crippen molar-refractivity contribution < 1.29 is 17.9 Å². The molecule has 0 bridgehead atoms. The molecule has 1 aliphatic rings. The summed E-state index contributed by atoms with van der Waals surface area (Å²) >= 11 is 0. The van der Waals surface area contributed by atoms with Gasteiger partial charge in [0.25, 0.3) is 0 Å². The third-order valence-electron chi connectivity index (χ3n) is 4.80. The van der Waals surface area contributed by atoms with E-state index in [2.05, 4.69) is 4.98 Å². The van der Waals surface area contributed by atoms with Crippen molar-refractivity contribution in [1.29, 1.82) is 0 Å². The van der Waals surface area contributed by atoms with Crippen molar-refractivity contribution in [3.63, 3.8) is 0 Å². The topological polar surface area (TPSA) is 48.1 Å². The first kappa shape index (κ1) is 16.8. The molecular formula is C20H17F3N2O. The van der Waals surface area contributed by atoms with Crippen LogP contribution in [0.25, 0.3) is 22.0 Å². The maximum absolute atomic E-state index is 14.3. The van der Waals surface area contributed by atoms with Crippen LogP contribution in [0.15, 0.2) is 36.4 Å². The zero-order valence-corrected chi connectivity index (χ0v) is 13.9. The van der Waals surface area contributed by atoms with Gasteiger partial charge in [-0.05, 0) is 25.0 Å². The lowest BCUT2D eigenvalue weighted by molar-refractivity contribution is 0.0847. The lowest BCUT2D eigenvalue weighted by Gasteiger charge is -2.23. The SMILES string of the molecule is Nc1cc2cccc(-c3cc(F)cc(F)c3F)c2nc1C1CCOCC1. The predicted molar refractivity (Wildman–Crippen MR) is 94.3 cm³/mol. The molecule has 2 heterocycles. The van der Waals surface area contributed by atoms with Gasteiger partial charge < -0.3 is 10.5 Å². The fourth-order valence-electron chi connectivity index (χ4n) is 3.50. The number of fused-ring (bicyclic) bond motifs is 1. The number of rotatable bonds is 2. The smallest absolute Gasteiger partial charge is 0.166 e. The van der Waals surface area contributed by atoms with Crippen LogP contribution in [0.3, 0.4) is 0 Å². The molecule has 0 radical (unpaired) electrons. The number of hydrogen-bond acceptors (Lipinski definition) is 3. The predicted octanol–water partition coefficient (Wildman–Crippen LogP) is 4.80. The number of aromatic nitrogens is 1. The molecule has 3 nitrogen and oxygen atoms in total. The molecule has 1 saturated heterocycles. The molecule has 26 heavy (non-hydrogen) atoms. The van der Waals surface area contributed by atoms with Gasteiger partial charge >= 0.3 is 0 Å². The van der Waals surface area contributed by atoms with Gasteiger partial charge in [0.15, 0.2) is 11.6 Å². The monoisotopic (exact) mass is 358 g/mol. The van der Waals surface area contributed by atoms with Gasteiger partial charge in [0, 0.05) is 41.7 Å². The molecule has 134 valence electrons. The highest BCUT2D eigenvalue weighted by molar-refractivity contribution is 5.95. The van der Waals surface area contributed by atoms with Crippen molar-refractivity contribution >= 4 is 16.6 Å². The van der Waals surface area contributed by atoms with Crippen molar-refractivity contribution in [3.05, 3.63) is 59.5 Å². The average molecular weight is 358 g/mol. The highest BCUT2D eigenvalue weighted by atomic mass is 19.2. The molecule has 1 fully saturated rings. The van der Waals surface area contributed by atoms with Crippen LogP contribution in [0, 0.1) is 17.5 Å². The van der Waals surface area contributed by atoms with Gasteiger partial charge in [0.05, 0.1) is 16.9 Å². The van der Waals surface area contributed by atoms with E-state index in [0.29, 0.717) is 41.4 Å². The Morgan fingerprint density at radius 1 is 1.00 bits per heavy atom. The van der Waals surface area contributed by atoms with E-state index in [9.17, 15) is 13.2 Å². The molecule has 2 N–H and O–H groups in total. The van der Waals surface area contributed by atoms with Crippen molar-refractivity contribution in [2.45, 2.75) is 18.8 Å². The third-order valence-corrected chi connectivity index (χ3v) is 4.80. The number of anilines is 1. The number of hydrogen-bond donors (Lipinski definition) is 1. The fraction of sp³-hybridized carbons (Fsp3) is 0.250. The number of nitrogens with two attached hydrogens (primary N) is 1. The van der Waals surface area contributed by atoms with Crippen molar-refractivity contribution in [3.8, 4) is 11.1 Å². The van der Waals surface area contributed by atoms with E-state index in [4.69, 9.17) is 10.5 Å². The summed E-state index contributed by atoms with van der Waals surface area (Å²) in [6.07, 6.45) is 1.60. The van der Waals surface area contributed by atoms with Crippen molar-refractivity contribution in [2.75, 3.05) is 18.9 Å². The van der Waals surface area contributed by atoms with E-state index in [-0.39, 0.29) is 11.5 Å². The molecule has 0 amide bonds. The lowest BCUT2D eigenvalue weighted by Crippen LogP contribution is -2.16. The Kier molecular flexibility index (Phi) is 4.28. The first-order valence-corrected chi connectivity index (χ1v) is 8.46. The number of pyridine rings is 1. The van der Waals surface area contributed by atoms with Gasteiger partial charge in [0.1, 0.15) is 5.82 Å². The van der Waals surface area contributed by atoms with Crippen LogP contribution in [0.4, 0.5) is 18.9 Å². The van der Waals surface area contributed by atoms with Crippen LogP contribution < -0.4 is 5.73 Å². The minimum absolute atomic E-state index is 0.148. The second-order valence-corrected chi connectivity index (χ2v) is 6.48. The molecule has 0 unspecified atom stereocenters. The molecule has 0 aliphatic carbocycles. The summed E-state index contributed by atoms with van der Waals surface area (Å²) in [7, 11) is 0. The summed E-state index contributed by atoms with van der Waals surface area (Å²) in [5.41, 5.74) is 8.15. The molecular weight excluding hydrogens is 341 g/mol. The quantitative estimate of drug-likeness (QED) is 0.670. The summed E-state index contributed by atoms with van der Waals surface area (Å²) in [4.78, 5) is 4.68. The van der Waals surface area contributed by atoms with Gasteiger partial charge in [-0.25, -0.2) is 18.2 Å². The fourth-order valence-corrected chi connectivity index (χ4v) is 3.50. The maximum Gasteiger partial charge on any atom is 0.166 e. The minimum Gasteiger partial charge on any atom is -0.397 e. The van der Waals surface area contributed by atoms with Crippen molar-refractivity contribution in [1.82, 2.24) is 4.98 Å². The first-order chi connectivity index (χ1) is 12.5. The Bertz CT molecular complexity index is 984. The van der Waals surface area contributed by atoms with Crippen LogP contribution >= 0.6 is 0 Å². The molecule has 4 rings (SSSR count). The van der Waals surface area contributed by atoms with E-state index in [0.717, 1.165) is 24.6 Å². The van der Waals surface area contributed by atoms with E-state index >= 15 is 0 Å². The first-order valence-electron chi connectivity index (χ1n) is 8.46. The summed E-state index contributed by atoms with van der Waals surface area (Å²) in [6.45, 7) is 1.27. The number of halogens is 3. The third kappa shape index (κ3) is 2.90. The van der Waals surface area contributed by atoms with Gasteiger partial charge in [-0.2, -0.15) is 0 Å². The largest absolute Gasteiger partial charge is 0.397 e. The second kappa shape index (κ2) is 6.61. The van der Waals surface area contributed by atoms with Crippen LogP contribution in [0.1, 0.15) is 24.5 Å². The summed E-state index contributed by atoms with van der Waals surface area (Å²) in [6, 6.07) is 8.39. The Hall–Kier alpha value is -2.60. The summed E-state index contributed by atoms with van der Waals surface area (Å²) in [5.74, 6) is -3.01. The zero-order chi connectivity index (χ0) is 18.3. The molecule has 1 aliphatic heterocycles. The van der Waals surface area contributed by atoms with Crippen LogP contribution in [0.5, 0.6) is 0 Å². The molecule has 2 aromatic carbocycles. The standard InChI is InChI=1S/C20H17F3N2O/c21-13-9-15(18(23)16(22)10-13)14-3-1-2-12-8-17(24)20(25-19(12)14)11-4-6-26-7-5-11/h1-3,8-11H,4-7,24H2. The number of nitrogen functional groups attached to an aromatic ring is 1. The van der Waals surface area contributed by atoms with Crippen LogP contribution in [0.2, 0.25) is 0 Å². The normalized spacial score (nSPS) is 15.5. The maximum atomic E-state index is 14.3. The Labute approximate surface area is 148 Å². The van der Waals surface area contributed by atoms with Crippen molar-refractivity contribution in [2.24, 2.45) is 0 Å². The van der Waals surface area contributed by atoms with Crippen LogP contribution in [-0.4, -0.2) is 18.2 Å². The van der Waals surface area contributed by atoms with Gasteiger partial charge in [0.2, 0.25) is 0 Å². The highest BCUT2D eigenvalue weighted by Crippen LogP contribution is 2.36. The van der Waals surface area contributed by atoms with E-state index < -0.39 is 17.5 Å². The lowest BCUT2D eigenvalue weighted by atomic mass is 9.93. The van der Waals surface area contributed by atoms with Gasteiger partial charge in [-0.3, -0.25) is 0 Å². The van der Waals surface area contributed by atoms with E-state index in [1.54, 1.807) is 24.3 Å². The van der Waals surface area contributed by atoms with Crippen LogP contribution in [-0.2, 0) is 4.74 Å². The average Bonchev–Trinajstić information content (AvgIpc) is 2.64. The number of nitrogens with zero attached hydrogens (tertiary/aromatic N) is 1. The number of benzene rings is 2. The van der Waals surface area contributed by atoms with E-state index in [1.165, 1.54) is 0 Å². The molecule has 0 saturated carbocycles. The van der Waals surface area contributed by atoms with Gasteiger partial charge in [-0.1, -0.05) is 18.2 Å². The minimum atomic E-state index is -1.22. The highest BCUT2D eigenvalue weighted by Gasteiger charge is 2.22. The zero-order valence-electron chi connectivity index (χ0n) is 13.9. The second-order valence-electron chi connectivity index (χ2n) is 6.48. The molecule has 0 spiro atoms. The molecule has 1 aromatic heterocycles.